The number of methoxy groups -OCH3 is 1. The molecule has 150 valence electrons. The third-order valence-corrected chi connectivity index (χ3v) is 3.48. The van der Waals surface area contributed by atoms with Crippen molar-refractivity contribution in [2.24, 2.45) is 0 Å². The molecule has 0 aliphatic heterocycles. The maximum atomic E-state index is 12.4. The second-order valence-corrected chi connectivity index (χ2v) is 5.87. The zero-order valence-electron chi connectivity index (χ0n) is 14.7. The maximum Gasteiger partial charge on any atom is 0.422 e. The van der Waals surface area contributed by atoms with Crippen molar-refractivity contribution in [2.75, 3.05) is 24.4 Å². The number of carbonyl (C=O) groups excluding carboxylic acids is 2. The van der Waals surface area contributed by atoms with Gasteiger partial charge in [0.15, 0.2) is 6.61 Å². The van der Waals surface area contributed by atoms with Crippen LogP contribution in [0.1, 0.15) is 17.3 Å². The van der Waals surface area contributed by atoms with E-state index in [1.54, 1.807) is 12.1 Å². The van der Waals surface area contributed by atoms with E-state index in [2.05, 4.69) is 20.4 Å². The molecule has 2 amide bonds. The third-order valence-electron chi connectivity index (χ3n) is 3.21. The lowest BCUT2D eigenvalue weighted by Gasteiger charge is -2.13. The van der Waals surface area contributed by atoms with Gasteiger partial charge in [-0.2, -0.15) is 13.2 Å². The van der Waals surface area contributed by atoms with Crippen molar-refractivity contribution >= 4 is 34.8 Å². The number of hydrogen-bond acceptors (Lipinski definition) is 5. The van der Waals surface area contributed by atoms with Gasteiger partial charge in [-0.3, -0.25) is 9.59 Å². The molecule has 28 heavy (non-hydrogen) atoms. The molecule has 1 heterocycles. The van der Waals surface area contributed by atoms with Crippen molar-refractivity contribution in [2.45, 2.75) is 13.1 Å². The summed E-state index contributed by atoms with van der Waals surface area (Å²) in [5.41, 5.74) is 0.666. The second kappa shape index (κ2) is 8.79. The Bertz CT molecular complexity index is 890. The summed E-state index contributed by atoms with van der Waals surface area (Å²) in [4.78, 5) is 27.2. The summed E-state index contributed by atoms with van der Waals surface area (Å²) < 4.78 is 46.3. The van der Waals surface area contributed by atoms with Crippen LogP contribution in [0, 0.1) is 0 Å². The molecule has 11 heteroatoms. The van der Waals surface area contributed by atoms with E-state index in [4.69, 9.17) is 16.3 Å². The number of halogens is 4. The average molecular weight is 418 g/mol. The highest BCUT2D eigenvalue weighted by Crippen LogP contribution is 2.29. The van der Waals surface area contributed by atoms with E-state index in [1.807, 2.05) is 0 Å². The molecule has 0 bridgehead atoms. The van der Waals surface area contributed by atoms with Crippen LogP contribution in [0.5, 0.6) is 11.6 Å². The first-order valence-corrected chi connectivity index (χ1v) is 8.09. The lowest BCUT2D eigenvalue weighted by molar-refractivity contribution is -0.154. The molecule has 2 rings (SSSR count). The van der Waals surface area contributed by atoms with Gasteiger partial charge in [0.1, 0.15) is 10.8 Å². The van der Waals surface area contributed by atoms with Crippen LogP contribution in [0.2, 0.25) is 5.02 Å². The molecule has 2 N–H and O–H groups in total. The van der Waals surface area contributed by atoms with E-state index in [-0.39, 0.29) is 22.2 Å². The molecule has 0 spiro atoms. The Labute approximate surface area is 162 Å². The molecule has 7 nitrogen and oxygen atoms in total. The number of aromatic nitrogens is 1. The summed E-state index contributed by atoms with van der Waals surface area (Å²) in [5, 5.41) is 4.87. The van der Waals surface area contributed by atoms with Crippen LogP contribution in [-0.4, -0.2) is 36.7 Å². The topological polar surface area (TPSA) is 89.6 Å². The highest BCUT2D eigenvalue weighted by molar-refractivity contribution is 6.32. The van der Waals surface area contributed by atoms with E-state index in [0.29, 0.717) is 11.4 Å². The Hall–Kier alpha value is -3.01. The first-order valence-electron chi connectivity index (χ1n) is 7.71. The smallest absolute Gasteiger partial charge is 0.422 e. The zero-order valence-corrected chi connectivity index (χ0v) is 15.4. The molecule has 0 saturated heterocycles. The Morgan fingerprint density at radius 2 is 1.93 bits per heavy atom. The van der Waals surface area contributed by atoms with Crippen molar-refractivity contribution in [1.82, 2.24) is 4.98 Å². The largest absolute Gasteiger partial charge is 0.495 e. The number of nitrogens with zero attached hydrogens (tertiary/aromatic N) is 1. The Morgan fingerprint density at radius 3 is 2.50 bits per heavy atom. The van der Waals surface area contributed by atoms with Gasteiger partial charge in [0.2, 0.25) is 11.8 Å². The fraction of sp³-hybridized carbons (Fsp3) is 0.235. The van der Waals surface area contributed by atoms with Gasteiger partial charge in [-0.25, -0.2) is 4.98 Å². The summed E-state index contributed by atoms with van der Waals surface area (Å²) in [5.74, 6) is -1.06. The number of amides is 2. The van der Waals surface area contributed by atoms with Crippen molar-refractivity contribution in [3.63, 3.8) is 0 Å². The van der Waals surface area contributed by atoms with E-state index in [0.717, 1.165) is 12.3 Å². The van der Waals surface area contributed by atoms with Crippen molar-refractivity contribution in [3.8, 4) is 11.6 Å². The van der Waals surface area contributed by atoms with Crippen molar-refractivity contribution < 1.29 is 32.2 Å². The van der Waals surface area contributed by atoms with Gasteiger partial charge >= 0.3 is 6.18 Å². The molecule has 1 aromatic carbocycles. The summed E-state index contributed by atoms with van der Waals surface area (Å²) in [7, 11) is 1.40. The van der Waals surface area contributed by atoms with Gasteiger partial charge in [0.05, 0.1) is 18.4 Å². The number of ether oxygens (including phenoxy) is 2. The first-order chi connectivity index (χ1) is 13.1. The van der Waals surface area contributed by atoms with E-state index in [1.165, 1.54) is 20.1 Å². The number of pyridine rings is 1. The number of hydrogen-bond donors (Lipinski definition) is 2. The average Bonchev–Trinajstić information content (AvgIpc) is 2.59. The van der Waals surface area contributed by atoms with Crippen LogP contribution in [0.4, 0.5) is 24.5 Å². The van der Waals surface area contributed by atoms with Crippen LogP contribution in [0.25, 0.3) is 0 Å². The van der Waals surface area contributed by atoms with Crippen molar-refractivity contribution in [1.29, 1.82) is 0 Å². The third kappa shape index (κ3) is 6.02. The van der Waals surface area contributed by atoms with Gasteiger partial charge in [0, 0.05) is 18.8 Å². The maximum absolute atomic E-state index is 12.4. The number of benzene rings is 1. The van der Waals surface area contributed by atoms with Crippen LogP contribution < -0.4 is 20.1 Å². The van der Waals surface area contributed by atoms with Crippen LogP contribution in [0.15, 0.2) is 30.5 Å². The molecular formula is C17H15ClF3N3O4. The molecule has 2 aromatic rings. The van der Waals surface area contributed by atoms with E-state index in [9.17, 15) is 22.8 Å². The molecule has 0 aliphatic rings. The minimum absolute atomic E-state index is 0.0173. The van der Waals surface area contributed by atoms with E-state index >= 15 is 0 Å². The standard InChI is InChI=1S/C17H15ClF3N3O4/c1-9(25)23-11-3-4-14(27-2)13(6-11)24-15(26)10-5-12(18)16(22-7-10)28-8-17(19,20)21/h3-7H,8H2,1-2H3,(H,23,25)(H,24,26). The minimum Gasteiger partial charge on any atom is -0.495 e. The molecular weight excluding hydrogens is 403 g/mol. The Morgan fingerprint density at radius 1 is 1.21 bits per heavy atom. The Balaban J connectivity index is 2.18. The van der Waals surface area contributed by atoms with Gasteiger partial charge in [0.25, 0.3) is 5.91 Å². The zero-order chi connectivity index (χ0) is 20.9. The number of nitrogens with one attached hydrogen (secondary N) is 2. The number of alkyl halides is 3. The lowest BCUT2D eigenvalue weighted by atomic mass is 10.2. The normalized spacial score (nSPS) is 10.9. The molecule has 0 unspecified atom stereocenters. The van der Waals surface area contributed by atoms with Gasteiger partial charge in [-0.05, 0) is 24.3 Å². The highest BCUT2D eigenvalue weighted by atomic mass is 35.5. The first kappa shape index (κ1) is 21.3. The number of carbonyl (C=O) groups is 2. The van der Waals surface area contributed by atoms with E-state index < -0.39 is 24.6 Å². The van der Waals surface area contributed by atoms with Gasteiger partial charge in [-0.1, -0.05) is 11.6 Å². The fourth-order valence-electron chi connectivity index (χ4n) is 2.09. The van der Waals surface area contributed by atoms with Crippen molar-refractivity contribution in [3.05, 3.63) is 41.0 Å². The summed E-state index contributed by atoms with van der Waals surface area (Å²) in [6.07, 6.45) is -3.52. The molecule has 0 fully saturated rings. The summed E-state index contributed by atoms with van der Waals surface area (Å²) in [6, 6.07) is 5.73. The molecule has 0 saturated carbocycles. The number of rotatable bonds is 6. The quantitative estimate of drug-likeness (QED) is 0.744. The summed E-state index contributed by atoms with van der Waals surface area (Å²) >= 11 is 5.84. The molecule has 0 atom stereocenters. The SMILES string of the molecule is COc1ccc(NC(C)=O)cc1NC(=O)c1cnc(OCC(F)(F)F)c(Cl)c1. The van der Waals surface area contributed by atoms with Crippen LogP contribution in [0.3, 0.4) is 0 Å². The minimum atomic E-state index is -4.55. The predicted octanol–water partition coefficient (Wildman–Crippen LogP) is 3.90. The van der Waals surface area contributed by atoms with Crippen LogP contribution in [-0.2, 0) is 4.79 Å². The predicted molar refractivity (Wildman–Crippen MR) is 96.0 cm³/mol. The van der Waals surface area contributed by atoms with Gasteiger partial charge in [-0.15, -0.1) is 0 Å². The molecule has 0 radical (unpaired) electrons. The Kier molecular flexibility index (Phi) is 6.68. The second-order valence-electron chi connectivity index (χ2n) is 5.47. The number of anilines is 2. The lowest BCUT2D eigenvalue weighted by Crippen LogP contribution is -2.20. The molecule has 0 aliphatic carbocycles. The van der Waals surface area contributed by atoms with Crippen LogP contribution >= 0.6 is 11.6 Å². The van der Waals surface area contributed by atoms with Gasteiger partial charge < -0.3 is 20.1 Å². The summed E-state index contributed by atoms with van der Waals surface area (Å²) in [6.45, 7) is -0.225. The molecule has 1 aromatic heterocycles. The monoisotopic (exact) mass is 417 g/mol. The fourth-order valence-corrected chi connectivity index (χ4v) is 2.31. The highest BCUT2D eigenvalue weighted by Gasteiger charge is 2.29.